The lowest BCUT2D eigenvalue weighted by Crippen LogP contribution is -2.33. The van der Waals surface area contributed by atoms with Gasteiger partial charge in [-0.1, -0.05) is 17.7 Å². The summed E-state index contributed by atoms with van der Waals surface area (Å²) < 4.78 is 41.6. The summed E-state index contributed by atoms with van der Waals surface area (Å²) in [5, 5.41) is 3.34. The Balaban J connectivity index is 1.30. The Morgan fingerprint density at radius 1 is 1.19 bits per heavy atom. The Labute approximate surface area is 195 Å². The summed E-state index contributed by atoms with van der Waals surface area (Å²) >= 11 is 7.11. The van der Waals surface area contributed by atoms with Gasteiger partial charge in [-0.3, -0.25) is 4.79 Å². The van der Waals surface area contributed by atoms with Gasteiger partial charge in [-0.05, 0) is 61.9 Å². The van der Waals surface area contributed by atoms with Crippen molar-refractivity contribution in [1.82, 2.24) is 13.5 Å². The molecule has 2 aromatic carbocycles. The van der Waals surface area contributed by atoms with Gasteiger partial charge in [-0.25, -0.2) is 13.1 Å². The molecule has 1 aliphatic rings. The van der Waals surface area contributed by atoms with E-state index in [1.807, 2.05) is 0 Å². The fourth-order valence-electron chi connectivity index (χ4n) is 3.92. The third-order valence-corrected chi connectivity index (χ3v) is 8.03. The zero-order valence-corrected chi connectivity index (χ0v) is 19.8. The zero-order valence-electron chi connectivity index (χ0n) is 17.4. The Morgan fingerprint density at radius 3 is 2.69 bits per heavy atom. The number of halogens is 1. The Hall–Kier alpha value is -2.27. The van der Waals surface area contributed by atoms with Crippen LogP contribution in [0.5, 0.6) is 5.75 Å². The number of carbonyl (C=O) groups excluding carboxylic acids is 1. The molecule has 3 aromatic rings. The summed E-state index contributed by atoms with van der Waals surface area (Å²) in [7, 11) is -2.15. The largest absolute Gasteiger partial charge is 0.495 e. The molecule has 8 nitrogen and oxygen atoms in total. The van der Waals surface area contributed by atoms with Gasteiger partial charge < -0.3 is 10.1 Å². The average Bonchev–Trinajstić information content (AvgIpc) is 3.27. The first kappa shape index (κ1) is 22.9. The third kappa shape index (κ3) is 5.03. The minimum Gasteiger partial charge on any atom is -0.495 e. The maximum atomic E-state index is 12.8. The summed E-state index contributed by atoms with van der Waals surface area (Å²) in [5.74, 6) is 0.568. The van der Waals surface area contributed by atoms with E-state index in [2.05, 4.69) is 18.8 Å². The molecule has 1 saturated carbocycles. The summed E-state index contributed by atoms with van der Waals surface area (Å²) in [6.07, 6.45) is 2.94. The van der Waals surface area contributed by atoms with Gasteiger partial charge in [0.25, 0.3) is 0 Å². The van der Waals surface area contributed by atoms with Crippen LogP contribution in [0, 0.1) is 11.8 Å². The second kappa shape index (κ2) is 9.70. The molecule has 0 saturated heterocycles. The number of nitrogens with zero attached hydrogens (tertiary/aromatic N) is 2. The molecule has 0 unspecified atom stereocenters. The van der Waals surface area contributed by atoms with Crippen LogP contribution < -0.4 is 14.8 Å². The lowest BCUT2D eigenvalue weighted by Gasteiger charge is -2.28. The molecule has 0 atom stereocenters. The van der Waals surface area contributed by atoms with Crippen molar-refractivity contribution >= 4 is 56.0 Å². The molecular weight excluding hydrogens is 472 g/mol. The summed E-state index contributed by atoms with van der Waals surface area (Å²) in [5.41, 5.74) is 1.59. The molecule has 1 aliphatic carbocycles. The lowest BCUT2D eigenvalue weighted by molar-refractivity contribution is -0.121. The first-order chi connectivity index (χ1) is 15.4. The van der Waals surface area contributed by atoms with E-state index in [0.717, 1.165) is 24.6 Å². The maximum Gasteiger partial charge on any atom is 0.242 e. The van der Waals surface area contributed by atoms with Crippen LogP contribution in [0.4, 0.5) is 5.69 Å². The number of hydrogen-bond donors (Lipinski definition) is 2. The van der Waals surface area contributed by atoms with Gasteiger partial charge >= 0.3 is 0 Å². The van der Waals surface area contributed by atoms with Gasteiger partial charge in [0.2, 0.25) is 15.9 Å². The van der Waals surface area contributed by atoms with Crippen LogP contribution in [-0.4, -0.2) is 36.7 Å². The van der Waals surface area contributed by atoms with Crippen LogP contribution in [-0.2, 0) is 14.8 Å². The van der Waals surface area contributed by atoms with Crippen LogP contribution in [0.25, 0.3) is 11.0 Å². The molecule has 0 aliphatic heterocycles. The predicted octanol–water partition coefficient (Wildman–Crippen LogP) is 4.08. The van der Waals surface area contributed by atoms with Crippen molar-refractivity contribution in [1.29, 1.82) is 0 Å². The standard InChI is InChI=1S/C21H23ClN4O4S2/c1-30-18-10-9-15(11-16(18)22)24-21(27)14-7-5-13(6-8-14)12-23-32(28,29)19-4-2-3-17-20(19)26-31-25-17/h2-4,9-11,13-14,23H,5-8,12H2,1H3,(H,24,27). The SMILES string of the molecule is COc1ccc(NC(=O)C2CCC(CNS(=O)(=O)c3cccc4nsnc34)CC2)cc1Cl. The topological polar surface area (TPSA) is 110 Å². The van der Waals surface area contributed by atoms with Crippen molar-refractivity contribution < 1.29 is 17.9 Å². The van der Waals surface area contributed by atoms with E-state index in [0.29, 0.717) is 46.9 Å². The molecule has 1 amide bonds. The minimum atomic E-state index is -3.68. The van der Waals surface area contributed by atoms with E-state index in [1.165, 1.54) is 7.11 Å². The molecule has 32 heavy (non-hydrogen) atoms. The van der Waals surface area contributed by atoms with E-state index in [9.17, 15) is 13.2 Å². The van der Waals surface area contributed by atoms with Crippen LogP contribution in [0.15, 0.2) is 41.3 Å². The maximum absolute atomic E-state index is 12.8. The smallest absolute Gasteiger partial charge is 0.242 e. The van der Waals surface area contributed by atoms with E-state index >= 15 is 0 Å². The number of fused-ring (bicyclic) bond motifs is 1. The Morgan fingerprint density at radius 2 is 1.97 bits per heavy atom. The van der Waals surface area contributed by atoms with Gasteiger partial charge in [0, 0.05) is 18.2 Å². The number of aromatic nitrogens is 2. The van der Waals surface area contributed by atoms with E-state index < -0.39 is 10.0 Å². The van der Waals surface area contributed by atoms with Crippen molar-refractivity contribution in [3.8, 4) is 5.75 Å². The molecule has 1 heterocycles. The number of amides is 1. The molecule has 11 heteroatoms. The number of ether oxygens (including phenoxy) is 1. The van der Waals surface area contributed by atoms with Gasteiger partial charge in [-0.2, -0.15) is 8.75 Å². The molecule has 4 rings (SSSR count). The molecule has 1 fully saturated rings. The molecule has 2 N–H and O–H groups in total. The lowest BCUT2D eigenvalue weighted by atomic mass is 9.81. The fraction of sp³-hybridized carbons (Fsp3) is 0.381. The highest BCUT2D eigenvalue weighted by Gasteiger charge is 2.28. The fourth-order valence-corrected chi connectivity index (χ4v) is 6.06. The van der Waals surface area contributed by atoms with Crippen molar-refractivity contribution in [3.05, 3.63) is 41.4 Å². The van der Waals surface area contributed by atoms with Gasteiger partial charge in [0.1, 0.15) is 21.7 Å². The quantitative estimate of drug-likeness (QED) is 0.512. The number of rotatable bonds is 7. The number of methoxy groups -OCH3 is 1. The van der Waals surface area contributed by atoms with Gasteiger partial charge in [0.05, 0.1) is 23.9 Å². The summed E-state index contributed by atoms with van der Waals surface area (Å²) in [6, 6.07) is 10.1. The van der Waals surface area contributed by atoms with Crippen LogP contribution in [0.1, 0.15) is 25.7 Å². The zero-order chi connectivity index (χ0) is 22.7. The molecule has 0 radical (unpaired) electrons. The predicted molar refractivity (Wildman–Crippen MR) is 125 cm³/mol. The highest BCUT2D eigenvalue weighted by Crippen LogP contribution is 2.31. The first-order valence-corrected chi connectivity index (χ1v) is 12.8. The van der Waals surface area contributed by atoms with Crippen LogP contribution in [0.3, 0.4) is 0 Å². The number of benzene rings is 2. The van der Waals surface area contributed by atoms with Crippen molar-refractivity contribution in [2.45, 2.75) is 30.6 Å². The summed E-state index contributed by atoms with van der Waals surface area (Å²) in [6.45, 7) is 0.332. The van der Waals surface area contributed by atoms with Crippen LogP contribution >= 0.6 is 23.3 Å². The van der Waals surface area contributed by atoms with E-state index in [4.69, 9.17) is 16.3 Å². The van der Waals surface area contributed by atoms with E-state index in [1.54, 1.807) is 36.4 Å². The van der Waals surface area contributed by atoms with Crippen molar-refractivity contribution in [3.63, 3.8) is 0 Å². The first-order valence-electron chi connectivity index (χ1n) is 10.2. The molecule has 0 spiro atoms. The molecule has 170 valence electrons. The number of anilines is 1. The Kier molecular flexibility index (Phi) is 6.94. The molecular formula is C21H23ClN4O4S2. The monoisotopic (exact) mass is 494 g/mol. The molecule has 1 aromatic heterocycles. The second-order valence-electron chi connectivity index (χ2n) is 7.80. The summed E-state index contributed by atoms with van der Waals surface area (Å²) in [4.78, 5) is 12.8. The van der Waals surface area contributed by atoms with Crippen molar-refractivity contribution in [2.75, 3.05) is 19.0 Å². The number of carbonyl (C=O) groups is 1. The van der Waals surface area contributed by atoms with E-state index in [-0.39, 0.29) is 22.6 Å². The average molecular weight is 495 g/mol. The normalized spacial score (nSPS) is 19.1. The van der Waals surface area contributed by atoms with Crippen LogP contribution in [0.2, 0.25) is 5.02 Å². The second-order valence-corrected chi connectivity index (χ2v) is 10.5. The van der Waals surface area contributed by atoms with Gasteiger partial charge in [-0.15, -0.1) is 0 Å². The molecule has 0 bridgehead atoms. The highest BCUT2D eigenvalue weighted by atomic mass is 35.5. The van der Waals surface area contributed by atoms with Gasteiger partial charge in [0.15, 0.2) is 0 Å². The Bertz CT molecular complexity index is 1220. The minimum absolute atomic E-state index is 0.0482. The number of sulfonamides is 1. The highest BCUT2D eigenvalue weighted by molar-refractivity contribution is 7.89. The number of hydrogen-bond acceptors (Lipinski definition) is 7. The van der Waals surface area contributed by atoms with Crippen molar-refractivity contribution in [2.24, 2.45) is 11.8 Å². The number of nitrogens with one attached hydrogen (secondary N) is 2. The third-order valence-electron chi connectivity index (χ3n) is 5.74.